The number of alkyl halides is 2. The van der Waals surface area contributed by atoms with Gasteiger partial charge in [0.2, 0.25) is 0 Å². The number of nitrogens with zero attached hydrogens (tertiary/aromatic N) is 2. The van der Waals surface area contributed by atoms with E-state index in [1.807, 2.05) is 6.92 Å². The number of ether oxygens (including phenoxy) is 3. The number of esters is 1. The molecule has 0 N–H and O–H groups in total. The lowest BCUT2D eigenvalue weighted by Gasteiger charge is -2.15. The van der Waals surface area contributed by atoms with Gasteiger partial charge in [0, 0.05) is 6.42 Å². The minimum atomic E-state index is -2.82. The van der Waals surface area contributed by atoms with Crippen molar-refractivity contribution in [3.63, 3.8) is 0 Å². The highest BCUT2D eigenvalue weighted by Crippen LogP contribution is 2.56. The Balaban J connectivity index is 2.05. The second-order valence-electron chi connectivity index (χ2n) is 6.16. The Bertz CT molecular complexity index is 871. The molecule has 2 aromatic rings. The average Bonchev–Trinajstić information content (AvgIpc) is 3.24. The number of halogens is 2. The van der Waals surface area contributed by atoms with Gasteiger partial charge in [-0.25, -0.2) is 13.6 Å². The molecule has 138 valence electrons. The molecule has 0 aliphatic heterocycles. The summed E-state index contributed by atoms with van der Waals surface area (Å²) < 4.78 is 42.6. The van der Waals surface area contributed by atoms with Crippen LogP contribution in [0.2, 0.25) is 0 Å². The predicted octanol–water partition coefficient (Wildman–Crippen LogP) is 3.80. The fourth-order valence-corrected chi connectivity index (χ4v) is 2.73. The van der Waals surface area contributed by atoms with E-state index < -0.39 is 17.8 Å². The van der Waals surface area contributed by atoms with Gasteiger partial charge in [-0.3, -0.25) is 0 Å². The van der Waals surface area contributed by atoms with Crippen LogP contribution in [0.25, 0.3) is 0 Å². The summed E-state index contributed by atoms with van der Waals surface area (Å²) in [6.07, 6.45) is -0.310. The van der Waals surface area contributed by atoms with Crippen LogP contribution in [-0.4, -0.2) is 36.3 Å². The van der Waals surface area contributed by atoms with Gasteiger partial charge in [0.1, 0.15) is 5.56 Å². The van der Waals surface area contributed by atoms with Crippen molar-refractivity contribution >= 4 is 5.97 Å². The molecule has 1 unspecified atom stereocenters. The van der Waals surface area contributed by atoms with Crippen LogP contribution in [0.1, 0.15) is 39.5 Å². The number of hydrogen-bond donors (Lipinski definition) is 0. The number of aryl methyl sites for hydroxylation is 1. The first kappa shape index (κ1) is 18.0. The first-order valence-corrected chi connectivity index (χ1v) is 7.94. The fraction of sp³-hybridized carbons (Fsp3) is 0.389. The van der Waals surface area contributed by atoms with Crippen LogP contribution in [0.15, 0.2) is 18.2 Å². The molecular formula is C18H18F2N2O4. The number of aromatic nitrogens is 2. The Morgan fingerprint density at radius 3 is 2.46 bits per heavy atom. The summed E-state index contributed by atoms with van der Waals surface area (Å²) in [5.74, 6) is -3.95. The normalized spacial score (nSPS) is 17.5. The van der Waals surface area contributed by atoms with Crippen LogP contribution in [0.4, 0.5) is 8.78 Å². The first-order valence-electron chi connectivity index (χ1n) is 7.94. The van der Waals surface area contributed by atoms with Crippen molar-refractivity contribution in [3.8, 4) is 17.4 Å². The largest absolute Gasteiger partial charge is 0.493 e. The molecule has 8 heteroatoms. The lowest BCUT2D eigenvalue weighted by Crippen LogP contribution is -2.13. The van der Waals surface area contributed by atoms with E-state index in [2.05, 4.69) is 10.2 Å². The van der Waals surface area contributed by atoms with Gasteiger partial charge in [-0.1, -0.05) is 6.07 Å². The third-order valence-corrected chi connectivity index (χ3v) is 4.29. The molecule has 1 aliphatic rings. The van der Waals surface area contributed by atoms with Gasteiger partial charge in [-0.05, 0) is 37.1 Å². The monoisotopic (exact) mass is 364 g/mol. The molecule has 0 spiro atoms. The van der Waals surface area contributed by atoms with Crippen molar-refractivity contribution in [2.75, 3.05) is 14.2 Å². The van der Waals surface area contributed by atoms with Gasteiger partial charge in [-0.2, -0.15) is 5.10 Å². The first-order chi connectivity index (χ1) is 12.3. The van der Waals surface area contributed by atoms with Crippen molar-refractivity contribution in [1.82, 2.24) is 10.2 Å². The van der Waals surface area contributed by atoms with E-state index in [0.717, 1.165) is 5.56 Å². The van der Waals surface area contributed by atoms with E-state index in [1.165, 1.54) is 21.1 Å². The van der Waals surface area contributed by atoms with Gasteiger partial charge in [0.25, 0.3) is 11.8 Å². The zero-order chi connectivity index (χ0) is 19.1. The number of methoxy groups -OCH3 is 2. The molecule has 0 bridgehead atoms. The van der Waals surface area contributed by atoms with E-state index in [4.69, 9.17) is 14.2 Å². The van der Waals surface area contributed by atoms with Crippen LogP contribution in [0, 0.1) is 13.8 Å². The SMILES string of the molecule is COC(=O)c1c(Oc2ccc(C)cc2OC)nnc(C2CC2(F)F)c1C. The molecular weight excluding hydrogens is 346 g/mol. The summed E-state index contributed by atoms with van der Waals surface area (Å²) in [5.41, 5.74) is 1.28. The molecule has 1 aromatic heterocycles. The van der Waals surface area contributed by atoms with Crippen LogP contribution in [0.3, 0.4) is 0 Å². The maximum Gasteiger partial charge on any atom is 0.343 e. The molecule has 26 heavy (non-hydrogen) atoms. The molecule has 1 saturated carbocycles. The topological polar surface area (TPSA) is 70.5 Å². The van der Waals surface area contributed by atoms with Crippen molar-refractivity contribution in [1.29, 1.82) is 0 Å². The van der Waals surface area contributed by atoms with Crippen LogP contribution in [-0.2, 0) is 4.74 Å². The Morgan fingerprint density at radius 2 is 1.88 bits per heavy atom. The third-order valence-electron chi connectivity index (χ3n) is 4.29. The highest BCUT2D eigenvalue weighted by molar-refractivity contribution is 5.93. The van der Waals surface area contributed by atoms with E-state index in [1.54, 1.807) is 18.2 Å². The molecule has 6 nitrogen and oxygen atoms in total. The van der Waals surface area contributed by atoms with Gasteiger partial charge in [-0.15, -0.1) is 5.10 Å². The third kappa shape index (κ3) is 3.18. The van der Waals surface area contributed by atoms with Gasteiger partial charge in [0.15, 0.2) is 11.5 Å². The zero-order valence-corrected chi connectivity index (χ0v) is 14.8. The standard InChI is InChI=1S/C18H18F2N2O4/c1-9-5-6-12(13(7-9)24-3)26-16-14(17(23)25-4)10(2)15(21-22-16)11-8-18(11,19)20/h5-7,11H,8H2,1-4H3. The lowest BCUT2D eigenvalue weighted by molar-refractivity contribution is 0.0594. The number of rotatable bonds is 5. The summed E-state index contributed by atoms with van der Waals surface area (Å²) in [5, 5.41) is 7.75. The Hall–Kier alpha value is -2.77. The zero-order valence-electron chi connectivity index (χ0n) is 14.8. The van der Waals surface area contributed by atoms with Crippen molar-refractivity contribution in [2.24, 2.45) is 0 Å². The fourth-order valence-electron chi connectivity index (χ4n) is 2.73. The maximum atomic E-state index is 13.4. The van der Waals surface area contributed by atoms with Crippen LogP contribution in [0.5, 0.6) is 17.4 Å². The molecule has 0 radical (unpaired) electrons. The Labute approximate surface area is 149 Å². The Morgan fingerprint density at radius 1 is 1.19 bits per heavy atom. The second-order valence-corrected chi connectivity index (χ2v) is 6.16. The van der Waals surface area contributed by atoms with Crippen molar-refractivity contribution < 1.29 is 27.8 Å². The number of carbonyl (C=O) groups excluding carboxylic acids is 1. The van der Waals surface area contributed by atoms with E-state index in [0.29, 0.717) is 11.5 Å². The molecule has 1 atom stereocenters. The van der Waals surface area contributed by atoms with Gasteiger partial charge >= 0.3 is 5.97 Å². The highest BCUT2D eigenvalue weighted by Gasteiger charge is 2.59. The van der Waals surface area contributed by atoms with Crippen molar-refractivity contribution in [2.45, 2.75) is 32.1 Å². The van der Waals surface area contributed by atoms with Crippen LogP contribution >= 0.6 is 0 Å². The minimum Gasteiger partial charge on any atom is -0.493 e. The second kappa shape index (κ2) is 6.51. The molecule has 1 fully saturated rings. The van der Waals surface area contributed by atoms with Gasteiger partial charge < -0.3 is 14.2 Å². The minimum absolute atomic E-state index is 0.0252. The molecule has 0 amide bonds. The summed E-state index contributed by atoms with van der Waals surface area (Å²) in [6, 6.07) is 5.22. The highest BCUT2D eigenvalue weighted by atomic mass is 19.3. The average molecular weight is 364 g/mol. The quantitative estimate of drug-likeness (QED) is 0.752. The molecule has 1 heterocycles. The molecule has 0 saturated heterocycles. The van der Waals surface area contributed by atoms with E-state index in [-0.39, 0.29) is 29.1 Å². The summed E-state index contributed by atoms with van der Waals surface area (Å²) in [6.45, 7) is 3.42. The number of benzene rings is 1. The van der Waals surface area contributed by atoms with E-state index >= 15 is 0 Å². The van der Waals surface area contributed by atoms with Crippen LogP contribution < -0.4 is 9.47 Å². The van der Waals surface area contributed by atoms with E-state index in [9.17, 15) is 13.6 Å². The smallest absolute Gasteiger partial charge is 0.343 e. The summed E-state index contributed by atoms with van der Waals surface area (Å²) >= 11 is 0. The van der Waals surface area contributed by atoms with Crippen molar-refractivity contribution in [3.05, 3.63) is 40.6 Å². The summed E-state index contributed by atoms with van der Waals surface area (Å²) in [4.78, 5) is 12.2. The number of hydrogen-bond acceptors (Lipinski definition) is 6. The molecule has 1 aliphatic carbocycles. The summed E-state index contributed by atoms with van der Waals surface area (Å²) in [7, 11) is 2.68. The molecule has 1 aromatic carbocycles. The maximum absolute atomic E-state index is 13.4. The lowest BCUT2D eigenvalue weighted by atomic mass is 10.1. The van der Waals surface area contributed by atoms with Gasteiger partial charge in [0.05, 0.1) is 25.8 Å². The predicted molar refractivity (Wildman–Crippen MR) is 88.2 cm³/mol. The molecule has 3 rings (SSSR count). The number of carbonyl (C=O) groups is 1. The Kier molecular flexibility index (Phi) is 4.52.